The maximum atomic E-state index is 2.45. The Hall–Kier alpha value is -9.38. The van der Waals surface area contributed by atoms with Crippen LogP contribution < -0.4 is 0 Å². The lowest BCUT2D eigenvalue weighted by Gasteiger charge is -2.12. The summed E-state index contributed by atoms with van der Waals surface area (Å²) in [7, 11) is 0. The third kappa shape index (κ3) is 5.71. The average Bonchev–Trinajstić information content (AvgIpc) is 4.15. The minimum absolute atomic E-state index is 1.13. The third-order valence-corrected chi connectivity index (χ3v) is 14.7. The fourth-order valence-corrected chi connectivity index (χ4v) is 11.6. The van der Waals surface area contributed by atoms with Gasteiger partial charge in [-0.3, -0.25) is 0 Å². The van der Waals surface area contributed by atoms with Crippen LogP contribution in [-0.2, 0) is 0 Å². The lowest BCUT2D eigenvalue weighted by molar-refractivity contribution is 1.15. The molecule has 0 atom stereocenters. The van der Waals surface area contributed by atoms with Crippen molar-refractivity contribution >= 4 is 87.2 Å². The summed E-state index contributed by atoms with van der Waals surface area (Å²) in [6.45, 7) is 0. The minimum atomic E-state index is 1.13. The van der Waals surface area contributed by atoms with E-state index >= 15 is 0 Å². The molecule has 0 aliphatic carbocycles. The summed E-state index contributed by atoms with van der Waals surface area (Å²) < 4.78 is 9.66. The second kappa shape index (κ2) is 15.1. The number of para-hydroxylation sites is 6. The van der Waals surface area contributed by atoms with Gasteiger partial charge in [0.05, 0.1) is 44.1 Å². The number of fused-ring (bicyclic) bond motifs is 12. The van der Waals surface area contributed by atoms with Crippen LogP contribution in [0.25, 0.3) is 132 Å². The Bertz CT molecular complexity index is 4570. The van der Waals surface area contributed by atoms with Crippen molar-refractivity contribution in [3.8, 4) is 45.0 Å². The lowest BCUT2D eigenvalue weighted by Crippen LogP contribution is -1.97. The van der Waals surface area contributed by atoms with Crippen molar-refractivity contribution in [2.75, 3.05) is 0 Å². The molecular weight excluding hydrogens is 849 g/mol. The molecule has 326 valence electrons. The van der Waals surface area contributed by atoms with Gasteiger partial charge in [-0.15, -0.1) is 0 Å². The maximum Gasteiger partial charge on any atom is 0.0561 e. The zero-order valence-corrected chi connectivity index (χ0v) is 38.0. The summed E-state index contributed by atoms with van der Waals surface area (Å²) in [5.74, 6) is 0. The normalized spacial score (nSPS) is 12.0. The van der Waals surface area contributed by atoms with Gasteiger partial charge >= 0.3 is 0 Å². The van der Waals surface area contributed by atoms with Crippen LogP contribution in [0.15, 0.2) is 255 Å². The quantitative estimate of drug-likeness (QED) is 0.158. The van der Waals surface area contributed by atoms with E-state index in [2.05, 4.69) is 273 Å². The Morgan fingerprint density at radius 3 is 0.871 bits per heavy atom. The molecule has 11 aromatic carbocycles. The second-order valence-corrected chi connectivity index (χ2v) is 18.5. The van der Waals surface area contributed by atoms with E-state index in [0.29, 0.717) is 0 Å². The molecule has 0 spiro atoms. The summed E-state index contributed by atoms with van der Waals surface area (Å²) in [4.78, 5) is 0. The van der Waals surface area contributed by atoms with Gasteiger partial charge in [-0.25, -0.2) is 0 Å². The van der Waals surface area contributed by atoms with Crippen LogP contribution in [-0.4, -0.2) is 18.3 Å². The molecule has 0 fully saturated rings. The van der Waals surface area contributed by atoms with E-state index in [9.17, 15) is 0 Å². The first kappa shape index (κ1) is 38.7. The van der Waals surface area contributed by atoms with Crippen molar-refractivity contribution in [3.63, 3.8) is 0 Å². The highest BCUT2D eigenvalue weighted by Crippen LogP contribution is 2.42. The van der Waals surface area contributed by atoms with Gasteiger partial charge in [0.25, 0.3) is 0 Å². The molecule has 15 rings (SSSR count). The van der Waals surface area contributed by atoms with Gasteiger partial charge in [-0.1, -0.05) is 146 Å². The van der Waals surface area contributed by atoms with Gasteiger partial charge in [-0.2, -0.15) is 0 Å². The number of rotatable bonds is 6. The Morgan fingerprint density at radius 1 is 0.157 bits per heavy atom. The molecule has 0 aliphatic heterocycles. The van der Waals surface area contributed by atoms with E-state index in [1.807, 2.05) is 0 Å². The molecule has 0 saturated carbocycles. The Kier molecular flexibility index (Phi) is 8.33. The van der Waals surface area contributed by atoms with Gasteiger partial charge in [-0.05, 0) is 131 Å². The second-order valence-electron chi connectivity index (χ2n) is 18.5. The fraction of sp³-hybridized carbons (Fsp3) is 0. The molecule has 4 aromatic heterocycles. The highest BCUT2D eigenvalue weighted by molar-refractivity contribution is 6.15. The molecule has 0 saturated heterocycles. The van der Waals surface area contributed by atoms with Gasteiger partial charge in [0.15, 0.2) is 0 Å². The van der Waals surface area contributed by atoms with E-state index < -0.39 is 0 Å². The molecule has 0 amide bonds. The Labute approximate surface area is 403 Å². The van der Waals surface area contributed by atoms with Gasteiger partial charge in [0.1, 0.15) is 0 Å². The molecule has 4 heteroatoms. The summed E-state index contributed by atoms with van der Waals surface area (Å²) in [6.07, 6.45) is 0. The van der Waals surface area contributed by atoms with E-state index in [0.717, 1.165) is 17.1 Å². The maximum absolute atomic E-state index is 2.45. The highest BCUT2D eigenvalue weighted by atomic mass is 15.0. The standard InChI is InChI=1S/C66H42N4/c1-4-16-47(17-5-1)67-59-25-13-10-22-51(59)56-38-43(29-35-62(56)67)44-30-37-64-58(39-44)53-24-12-15-27-61(53)70(64)50-32-34-55-54-33-28-46(41-65(54)69(66(55)42-50)49-20-8-3-9-21-49)45-31-36-63-57(40-45)52-23-11-14-26-60(52)68(63)48-18-6-2-7-19-48/h1-42H. The first-order chi connectivity index (χ1) is 34.7. The van der Waals surface area contributed by atoms with Crippen LogP contribution in [0, 0.1) is 0 Å². The molecule has 0 N–H and O–H groups in total. The van der Waals surface area contributed by atoms with E-state index in [-0.39, 0.29) is 0 Å². The van der Waals surface area contributed by atoms with Crippen molar-refractivity contribution < 1.29 is 0 Å². The number of hydrogen-bond acceptors (Lipinski definition) is 0. The predicted octanol–water partition coefficient (Wildman–Crippen LogP) is 17.4. The van der Waals surface area contributed by atoms with Crippen LogP contribution in [0.1, 0.15) is 0 Å². The molecule has 4 heterocycles. The van der Waals surface area contributed by atoms with E-state index in [4.69, 9.17) is 0 Å². The molecule has 0 unspecified atom stereocenters. The third-order valence-electron chi connectivity index (χ3n) is 14.7. The largest absolute Gasteiger partial charge is 0.309 e. The van der Waals surface area contributed by atoms with Crippen molar-refractivity contribution in [1.82, 2.24) is 18.3 Å². The van der Waals surface area contributed by atoms with Gasteiger partial charge in [0.2, 0.25) is 0 Å². The SMILES string of the molecule is c1ccc(-n2c3ccccc3c3cc(-c4ccc5c(c4)c4ccccc4n5-c4ccc5c6ccc(-c7ccc8c(c7)c7ccccc7n8-c7ccccc7)cc6n(-c6ccccc6)c5c4)ccc32)cc1. The Morgan fingerprint density at radius 2 is 0.443 bits per heavy atom. The van der Waals surface area contributed by atoms with Crippen LogP contribution in [0.3, 0.4) is 0 Å². The number of aromatic nitrogens is 4. The topological polar surface area (TPSA) is 19.7 Å². The van der Waals surface area contributed by atoms with Crippen LogP contribution in [0.5, 0.6) is 0 Å². The van der Waals surface area contributed by atoms with E-state index in [1.165, 1.54) is 115 Å². The monoisotopic (exact) mass is 890 g/mol. The van der Waals surface area contributed by atoms with Crippen molar-refractivity contribution in [1.29, 1.82) is 0 Å². The lowest BCUT2D eigenvalue weighted by atomic mass is 10.0. The summed E-state index contributed by atoms with van der Waals surface area (Å²) in [5, 5.41) is 9.93. The molecule has 4 nitrogen and oxygen atoms in total. The molecule has 0 bridgehead atoms. The van der Waals surface area contributed by atoms with Crippen LogP contribution in [0.4, 0.5) is 0 Å². The summed E-state index contributed by atoms with van der Waals surface area (Å²) in [6, 6.07) is 93.5. The number of benzene rings is 11. The van der Waals surface area contributed by atoms with Gasteiger partial charge in [0, 0.05) is 65.8 Å². The predicted molar refractivity (Wildman–Crippen MR) is 295 cm³/mol. The van der Waals surface area contributed by atoms with Crippen molar-refractivity contribution in [3.05, 3.63) is 255 Å². The first-order valence-corrected chi connectivity index (χ1v) is 24.1. The highest BCUT2D eigenvalue weighted by Gasteiger charge is 2.20. The average molecular weight is 891 g/mol. The molecule has 0 aliphatic rings. The Balaban J connectivity index is 0.884. The zero-order valence-electron chi connectivity index (χ0n) is 38.0. The smallest absolute Gasteiger partial charge is 0.0561 e. The van der Waals surface area contributed by atoms with Gasteiger partial charge < -0.3 is 18.3 Å². The fourth-order valence-electron chi connectivity index (χ4n) is 11.6. The first-order valence-electron chi connectivity index (χ1n) is 24.1. The summed E-state index contributed by atoms with van der Waals surface area (Å²) in [5.41, 5.74) is 18.9. The number of hydrogen-bond donors (Lipinski definition) is 0. The summed E-state index contributed by atoms with van der Waals surface area (Å²) >= 11 is 0. The van der Waals surface area contributed by atoms with Crippen LogP contribution in [0.2, 0.25) is 0 Å². The molecule has 0 radical (unpaired) electrons. The zero-order chi connectivity index (χ0) is 45.9. The van der Waals surface area contributed by atoms with Crippen molar-refractivity contribution in [2.45, 2.75) is 0 Å². The molecule has 15 aromatic rings. The van der Waals surface area contributed by atoms with Crippen molar-refractivity contribution in [2.24, 2.45) is 0 Å². The minimum Gasteiger partial charge on any atom is -0.309 e. The molecular formula is C66H42N4. The van der Waals surface area contributed by atoms with E-state index in [1.54, 1.807) is 0 Å². The molecule has 70 heavy (non-hydrogen) atoms. The number of nitrogens with zero attached hydrogens (tertiary/aromatic N) is 4. The van der Waals surface area contributed by atoms with Crippen LogP contribution >= 0.6 is 0 Å².